The Morgan fingerprint density at radius 1 is 1.56 bits per heavy atom. The van der Waals surface area contributed by atoms with Gasteiger partial charge < -0.3 is 4.74 Å². The van der Waals surface area contributed by atoms with Crippen LogP contribution in [0.2, 0.25) is 4.34 Å². The third-order valence-electron chi connectivity index (χ3n) is 2.36. The number of rotatable bonds is 5. The van der Waals surface area contributed by atoms with E-state index in [1.165, 1.54) is 20.2 Å². The topological polar surface area (TPSA) is 63.7 Å². The minimum atomic E-state index is -3.58. The first kappa shape index (κ1) is 15.4. The van der Waals surface area contributed by atoms with Crippen LogP contribution < -0.4 is 0 Å². The fourth-order valence-electron chi connectivity index (χ4n) is 1.18. The largest absolute Gasteiger partial charge is 0.469 e. The fourth-order valence-corrected chi connectivity index (χ4v) is 4.27. The van der Waals surface area contributed by atoms with E-state index in [1.54, 1.807) is 6.92 Å². The minimum absolute atomic E-state index is 0.0182. The van der Waals surface area contributed by atoms with Gasteiger partial charge in [-0.1, -0.05) is 11.6 Å². The van der Waals surface area contributed by atoms with E-state index in [0.717, 1.165) is 21.2 Å². The molecule has 0 aromatic carbocycles. The summed E-state index contributed by atoms with van der Waals surface area (Å²) in [6, 6.07) is 1.52. The van der Waals surface area contributed by atoms with Crippen LogP contribution in [-0.4, -0.2) is 39.4 Å². The molecule has 0 N–H and O–H groups in total. The van der Waals surface area contributed by atoms with Gasteiger partial charge in [0.25, 0.3) is 10.0 Å². The van der Waals surface area contributed by atoms with Crippen LogP contribution in [0.4, 0.5) is 0 Å². The lowest BCUT2D eigenvalue weighted by atomic mass is 10.4. The first-order valence-corrected chi connectivity index (χ1v) is 7.71. The highest BCUT2D eigenvalue weighted by atomic mass is 35.5. The molecule has 0 saturated heterocycles. The molecule has 1 heterocycles. The molecule has 0 fully saturated rings. The van der Waals surface area contributed by atoms with E-state index in [2.05, 4.69) is 4.74 Å². The lowest BCUT2D eigenvalue weighted by Gasteiger charge is -2.14. The van der Waals surface area contributed by atoms with E-state index in [0.29, 0.717) is 4.34 Å². The number of carbonyl (C=O) groups excluding carboxylic acids is 1. The second kappa shape index (κ2) is 6.01. The van der Waals surface area contributed by atoms with Crippen LogP contribution in [0, 0.1) is 6.92 Å². The lowest BCUT2D eigenvalue weighted by molar-refractivity contribution is -0.140. The van der Waals surface area contributed by atoms with Gasteiger partial charge in [0.1, 0.15) is 4.21 Å². The number of hydrogen-bond acceptors (Lipinski definition) is 5. The van der Waals surface area contributed by atoms with Crippen LogP contribution >= 0.6 is 22.9 Å². The van der Waals surface area contributed by atoms with Gasteiger partial charge in [0.15, 0.2) is 0 Å². The standard InChI is InChI=1S/C10H14ClNO4S2/c1-7-6-9(17-10(7)11)18(14,15)12(2)5-4-8(13)16-3/h6H,4-5H2,1-3H3. The van der Waals surface area contributed by atoms with Crippen molar-refractivity contribution in [2.45, 2.75) is 17.6 Å². The first-order chi connectivity index (χ1) is 8.28. The molecule has 1 aromatic heterocycles. The molecule has 18 heavy (non-hydrogen) atoms. The Labute approximate surface area is 115 Å². The van der Waals surface area contributed by atoms with Crippen LogP contribution in [-0.2, 0) is 19.6 Å². The van der Waals surface area contributed by atoms with Gasteiger partial charge in [-0.3, -0.25) is 4.79 Å². The number of carbonyl (C=O) groups is 1. The molecular weight excluding hydrogens is 298 g/mol. The Hall–Kier alpha value is -0.630. The Balaban J connectivity index is 2.83. The van der Waals surface area contributed by atoms with E-state index in [1.807, 2.05) is 0 Å². The molecule has 0 atom stereocenters. The maximum absolute atomic E-state index is 12.1. The summed E-state index contributed by atoms with van der Waals surface area (Å²) < 4.78 is 30.5. The third kappa shape index (κ3) is 3.44. The van der Waals surface area contributed by atoms with E-state index in [4.69, 9.17) is 11.6 Å². The average molecular weight is 312 g/mol. The van der Waals surface area contributed by atoms with E-state index >= 15 is 0 Å². The van der Waals surface area contributed by atoms with Gasteiger partial charge in [0.05, 0.1) is 17.9 Å². The van der Waals surface area contributed by atoms with E-state index in [-0.39, 0.29) is 17.2 Å². The zero-order valence-electron chi connectivity index (χ0n) is 10.3. The summed E-state index contributed by atoms with van der Waals surface area (Å²) in [5.74, 6) is -0.447. The first-order valence-electron chi connectivity index (χ1n) is 5.08. The normalized spacial score (nSPS) is 11.8. The molecule has 0 radical (unpaired) electrons. The Morgan fingerprint density at radius 2 is 2.17 bits per heavy atom. The summed E-state index contributed by atoms with van der Waals surface area (Å²) in [5, 5.41) is 0. The van der Waals surface area contributed by atoms with Gasteiger partial charge in [-0.15, -0.1) is 11.3 Å². The Morgan fingerprint density at radius 3 is 2.61 bits per heavy atom. The molecule has 8 heteroatoms. The van der Waals surface area contributed by atoms with Crippen molar-refractivity contribution < 1.29 is 17.9 Å². The number of thiophene rings is 1. The summed E-state index contributed by atoms with van der Waals surface area (Å²) in [4.78, 5) is 11.0. The van der Waals surface area contributed by atoms with Crippen LogP contribution in [0.3, 0.4) is 0 Å². The summed E-state index contributed by atoms with van der Waals surface area (Å²) in [7, 11) is -0.904. The van der Waals surface area contributed by atoms with Gasteiger partial charge in [0, 0.05) is 13.6 Å². The maximum Gasteiger partial charge on any atom is 0.306 e. The number of ether oxygens (including phenoxy) is 1. The molecule has 0 amide bonds. The summed E-state index contributed by atoms with van der Waals surface area (Å²) in [6.07, 6.45) is 0.0182. The predicted molar refractivity (Wildman–Crippen MR) is 70.5 cm³/mol. The van der Waals surface area contributed by atoms with Gasteiger partial charge in [-0.2, -0.15) is 4.31 Å². The number of esters is 1. The minimum Gasteiger partial charge on any atom is -0.469 e. The van der Waals surface area contributed by atoms with Crippen molar-refractivity contribution in [3.63, 3.8) is 0 Å². The number of sulfonamides is 1. The molecule has 0 saturated carbocycles. The molecular formula is C10H14ClNO4S2. The fraction of sp³-hybridized carbons (Fsp3) is 0.500. The molecule has 0 unspecified atom stereocenters. The highest BCUT2D eigenvalue weighted by molar-refractivity contribution is 7.91. The van der Waals surface area contributed by atoms with Crippen LogP contribution in [0.5, 0.6) is 0 Å². The monoisotopic (exact) mass is 311 g/mol. The van der Waals surface area contributed by atoms with Crippen molar-refractivity contribution in [3.8, 4) is 0 Å². The zero-order chi connectivity index (χ0) is 13.9. The van der Waals surface area contributed by atoms with Crippen molar-refractivity contribution in [2.24, 2.45) is 0 Å². The molecule has 0 aliphatic carbocycles. The molecule has 0 bridgehead atoms. The number of hydrogen-bond donors (Lipinski definition) is 0. The van der Waals surface area contributed by atoms with Crippen LogP contribution in [0.1, 0.15) is 12.0 Å². The predicted octanol–water partition coefficient (Wildman–Crippen LogP) is 1.89. The third-order valence-corrected chi connectivity index (χ3v) is 6.22. The molecule has 5 nitrogen and oxygen atoms in total. The number of halogens is 1. The van der Waals surface area contributed by atoms with Gasteiger partial charge >= 0.3 is 5.97 Å². The van der Waals surface area contributed by atoms with Gasteiger partial charge in [0.2, 0.25) is 0 Å². The molecule has 1 aromatic rings. The van der Waals surface area contributed by atoms with Crippen molar-refractivity contribution in [1.82, 2.24) is 4.31 Å². The molecule has 1 rings (SSSR count). The molecule has 0 aliphatic rings. The zero-order valence-corrected chi connectivity index (χ0v) is 12.7. The average Bonchev–Trinajstić information content (AvgIpc) is 2.66. The smallest absolute Gasteiger partial charge is 0.306 e. The quantitative estimate of drug-likeness (QED) is 0.779. The summed E-state index contributed by atoms with van der Waals surface area (Å²) in [6.45, 7) is 1.82. The number of methoxy groups -OCH3 is 1. The number of aryl methyl sites for hydroxylation is 1. The highest BCUT2D eigenvalue weighted by Gasteiger charge is 2.24. The van der Waals surface area contributed by atoms with Crippen LogP contribution in [0.15, 0.2) is 10.3 Å². The summed E-state index contributed by atoms with van der Waals surface area (Å²) in [5.41, 5.74) is 0.724. The van der Waals surface area contributed by atoms with Crippen LogP contribution in [0.25, 0.3) is 0 Å². The molecule has 102 valence electrons. The molecule has 0 spiro atoms. The Kier molecular flexibility index (Phi) is 5.15. The van der Waals surface area contributed by atoms with E-state index in [9.17, 15) is 13.2 Å². The van der Waals surface area contributed by atoms with Crippen molar-refractivity contribution in [2.75, 3.05) is 20.7 Å². The highest BCUT2D eigenvalue weighted by Crippen LogP contribution is 2.31. The second-order valence-corrected chi connectivity index (χ2v) is 7.60. The SMILES string of the molecule is COC(=O)CCN(C)S(=O)(=O)c1cc(C)c(Cl)s1. The summed E-state index contributed by atoms with van der Waals surface area (Å²) >= 11 is 6.86. The van der Waals surface area contributed by atoms with Gasteiger partial charge in [-0.05, 0) is 18.6 Å². The van der Waals surface area contributed by atoms with Crippen molar-refractivity contribution >= 4 is 38.9 Å². The van der Waals surface area contributed by atoms with E-state index < -0.39 is 16.0 Å². The van der Waals surface area contributed by atoms with Crippen molar-refractivity contribution in [3.05, 3.63) is 16.0 Å². The molecule has 0 aliphatic heterocycles. The number of nitrogens with zero attached hydrogens (tertiary/aromatic N) is 1. The lowest BCUT2D eigenvalue weighted by Crippen LogP contribution is -2.28. The second-order valence-electron chi connectivity index (χ2n) is 3.67. The maximum atomic E-state index is 12.1. The Bertz CT molecular complexity index is 519. The van der Waals surface area contributed by atoms with Gasteiger partial charge in [-0.25, -0.2) is 8.42 Å². The van der Waals surface area contributed by atoms with Crippen molar-refractivity contribution in [1.29, 1.82) is 0 Å².